The lowest BCUT2D eigenvalue weighted by molar-refractivity contribution is -0.122. The van der Waals surface area contributed by atoms with Crippen LogP contribution in [0.4, 0.5) is 5.69 Å². The number of ether oxygens (including phenoxy) is 1. The van der Waals surface area contributed by atoms with Crippen LogP contribution in [0.15, 0.2) is 42.5 Å². The van der Waals surface area contributed by atoms with Gasteiger partial charge in [-0.05, 0) is 44.0 Å². The van der Waals surface area contributed by atoms with Gasteiger partial charge in [0.15, 0.2) is 0 Å². The molecule has 0 aliphatic rings. The molecule has 0 radical (unpaired) electrons. The predicted octanol–water partition coefficient (Wildman–Crippen LogP) is 2.78. The highest BCUT2D eigenvalue weighted by Gasteiger charge is 2.31. The van der Waals surface area contributed by atoms with E-state index in [9.17, 15) is 13.2 Å². The van der Waals surface area contributed by atoms with Gasteiger partial charge in [-0.1, -0.05) is 35.9 Å². The van der Waals surface area contributed by atoms with Crippen molar-refractivity contribution >= 4 is 21.6 Å². The smallest absolute Gasteiger partial charge is 0.243 e. The molecule has 0 bridgehead atoms. The Morgan fingerprint density at radius 2 is 1.81 bits per heavy atom. The lowest BCUT2D eigenvalue weighted by Gasteiger charge is -2.29. The lowest BCUT2D eigenvalue weighted by Crippen LogP contribution is -2.47. The van der Waals surface area contributed by atoms with E-state index < -0.39 is 16.1 Å². The third kappa shape index (κ3) is 5.23. The molecular weight excluding hydrogens is 364 g/mol. The Morgan fingerprint density at radius 3 is 2.41 bits per heavy atom. The summed E-state index contributed by atoms with van der Waals surface area (Å²) >= 11 is 0. The van der Waals surface area contributed by atoms with Gasteiger partial charge in [-0.2, -0.15) is 0 Å². The summed E-state index contributed by atoms with van der Waals surface area (Å²) in [5.41, 5.74) is 3.26. The minimum atomic E-state index is -3.71. The van der Waals surface area contributed by atoms with Gasteiger partial charge in [0.05, 0.1) is 19.1 Å². The molecule has 0 aliphatic carbocycles. The number of carbonyl (C=O) groups is 1. The number of hydrogen-bond donors (Lipinski definition) is 1. The highest BCUT2D eigenvalue weighted by atomic mass is 32.2. The highest BCUT2D eigenvalue weighted by Crippen LogP contribution is 2.32. The van der Waals surface area contributed by atoms with Crippen molar-refractivity contribution in [3.8, 4) is 5.75 Å². The molecule has 146 valence electrons. The van der Waals surface area contributed by atoms with Crippen LogP contribution in [0, 0.1) is 13.8 Å². The second kappa shape index (κ2) is 8.43. The van der Waals surface area contributed by atoms with E-state index in [-0.39, 0.29) is 5.91 Å². The van der Waals surface area contributed by atoms with E-state index in [0.717, 1.165) is 27.3 Å². The fourth-order valence-corrected chi connectivity index (χ4v) is 4.08. The number of nitrogens with zero attached hydrogens (tertiary/aromatic N) is 1. The Kier molecular flexibility index (Phi) is 6.49. The minimum absolute atomic E-state index is 0.327. The van der Waals surface area contributed by atoms with Crippen LogP contribution in [0.1, 0.15) is 23.6 Å². The molecule has 6 nitrogen and oxygen atoms in total. The van der Waals surface area contributed by atoms with E-state index in [1.807, 2.05) is 44.2 Å². The van der Waals surface area contributed by atoms with Crippen LogP contribution in [-0.4, -0.2) is 33.7 Å². The average Bonchev–Trinajstić information content (AvgIpc) is 2.59. The summed E-state index contributed by atoms with van der Waals surface area (Å²) in [5.74, 6) is 0.00912. The summed E-state index contributed by atoms with van der Waals surface area (Å²) in [6, 6.07) is 12.1. The standard InChI is InChI=1S/C20H26N2O4S/c1-14-7-6-8-17(11-14)13-21-20(23)16(3)22(27(5,24)25)18-12-15(2)9-10-19(18)26-4/h6-12,16H,13H2,1-5H3,(H,21,23). The van der Waals surface area contributed by atoms with Crippen molar-refractivity contribution in [2.24, 2.45) is 0 Å². The Labute approximate surface area is 161 Å². The van der Waals surface area contributed by atoms with Crippen molar-refractivity contribution in [2.75, 3.05) is 17.7 Å². The molecule has 1 N–H and O–H groups in total. The molecule has 2 rings (SSSR count). The van der Waals surface area contributed by atoms with Crippen molar-refractivity contribution in [1.82, 2.24) is 5.32 Å². The van der Waals surface area contributed by atoms with Crippen molar-refractivity contribution < 1.29 is 17.9 Å². The molecule has 0 aromatic heterocycles. The Balaban J connectivity index is 2.29. The highest BCUT2D eigenvalue weighted by molar-refractivity contribution is 7.92. The SMILES string of the molecule is COc1ccc(C)cc1N(C(C)C(=O)NCc1cccc(C)c1)S(C)(=O)=O. The molecule has 1 amide bonds. The van der Waals surface area contributed by atoms with Gasteiger partial charge in [0.25, 0.3) is 0 Å². The molecular formula is C20H26N2O4S. The van der Waals surface area contributed by atoms with Crippen LogP contribution in [0.5, 0.6) is 5.75 Å². The summed E-state index contributed by atoms with van der Waals surface area (Å²) in [6.45, 7) is 5.72. The van der Waals surface area contributed by atoms with Gasteiger partial charge in [0.2, 0.25) is 15.9 Å². The zero-order valence-corrected chi connectivity index (χ0v) is 17.1. The zero-order chi connectivity index (χ0) is 20.2. The zero-order valence-electron chi connectivity index (χ0n) is 16.3. The van der Waals surface area contributed by atoms with Crippen molar-refractivity contribution in [1.29, 1.82) is 0 Å². The number of nitrogens with one attached hydrogen (secondary N) is 1. The van der Waals surface area contributed by atoms with E-state index in [2.05, 4.69) is 5.32 Å². The van der Waals surface area contributed by atoms with E-state index >= 15 is 0 Å². The lowest BCUT2D eigenvalue weighted by atomic mass is 10.1. The van der Waals surface area contributed by atoms with Crippen molar-refractivity contribution in [3.63, 3.8) is 0 Å². The van der Waals surface area contributed by atoms with E-state index in [1.165, 1.54) is 7.11 Å². The van der Waals surface area contributed by atoms with E-state index in [1.54, 1.807) is 19.1 Å². The molecule has 0 saturated heterocycles. The quantitative estimate of drug-likeness (QED) is 0.789. The number of methoxy groups -OCH3 is 1. The largest absolute Gasteiger partial charge is 0.495 e. The molecule has 0 aliphatic heterocycles. The number of benzene rings is 2. The number of aryl methyl sites for hydroxylation is 2. The first-order valence-electron chi connectivity index (χ1n) is 8.60. The maximum absolute atomic E-state index is 12.7. The monoisotopic (exact) mass is 390 g/mol. The van der Waals surface area contributed by atoms with Crippen molar-refractivity contribution in [2.45, 2.75) is 33.4 Å². The molecule has 0 heterocycles. The van der Waals surface area contributed by atoms with Crippen LogP contribution in [0.2, 0.25) is 0 Å². The fourth-order valence-electron chi connectivity index (χ4n) is 2.91. The Hall–Kier alpha value is -2.54. The molecule has 2 aromatic rings. The summed E-state index contributed by atoms with van der Waals surface area (Å²) < 4.78 is 31.3. The minimum Gasteiger partial charge on any atom is -0.495 e. The second-order valence-corrected chi connectivity index (χ2v) is 8.48. The topological polar surface area (TPSA) is 75.7 Å². The van der Waals surface area contributed by atoms with E-state index in [4.69, 9.17) is 4.74 Å². The normalized spacial score (nSPS) is 12.3. The predicted molar refractivity (Wildman–Crippen MR) is 108 cm³/mol. The maximum atomic E-state index is 12.7. The number of rotatable bonds is 7. The van der Waals surface area contributed by atoms with Gasteiger partial charge < -0.3 is 10.1 Å². The summed E-state index contributed by atoms with van der Waals surface area (Å²) in [5, 5.41) is 2.81. The van der Waals surface area contributed by atoms with Crippen LogP contribution in [0.3, 0.4) is 0 Å². The molecule has 0 spiro atoms. The van der Waals surface area contributed by atoms with Gasteiger partial charge in [0, 0.05) is 6.54 Å². The second-order valence-electron chi connectivity index (χ2n) is 6.62. The first kappa shape index (κ1) is 20.8. The van der Waals surface area contributed by atoms with Crippen molar-refractivity contribution in [3.05, 3.63) is 59.2 Å². The van der Waals surface area contributed by atoms with Gasteiger partial charge >= 0.3 is 0 Å². The molecule has 0 fully saturated rings. The number of amides is 1. The van der Waals surface area contributed by atoms with Gasteiger partial charge in [0.1, 0.15) is 11.8 Å². The van der Waals surface area contributed by atoms with Gasteiger partial charge in [-0.25, -0.2) is 8.42 Å². The van der Waals surface area contributed by atoms with Crippen LogP contribution in [-0.2, 0) is 21.4 Å². The van der Waals surface area contributed by atoms with Crippen LogP contribution in [0.25, 0.3) is 0 Å². The summed E-state index contributed by atoms with van der Waals surface area (Å²) in [4.78, 5) is 12.7. The number of anilines is 1. The molecule has 2 aromatic carbocycles. The van der Waals surface area contributed by atoms with E-state index in [0.29, 0.717) is 18.0 Å². The summed E-state index contributed by atoms with van der Waals surface area (Å²) in [6.07, 6.45) is 1.08. The molecule has 1 unspecified atom stereocenters. The third-order valence-electron chi connectivity index (χ3n) is 4.21. The Morgan fingerprint density at radius 1 is 1.15 bits per heavy atom. The average molecular weight is 391 g/mol. The summed E-state index contributed by atoms with van der Waals surface area (Å²) in [7, 11) is -2.24. The molecule has 27 heavy (non-hydrogen) atoms. The fraction of sp³-hybridized carbons (Fsp3) is 0.350. The molecule has 7 heteroatoms. The molecule has 1 atom stereocenters. The van der Waals surface area contributed by atoms with Gasteiger partial charge in [-0.15, -0.1) is 0 Å². The number of hydrogen-bond acceptors (Lipinski definition) is 4. The molecule has 0 saturated carbocycles. The Bertz CT molecular complexity index is 925. The first-order chi connectivity index (χ1) is 12.6. The third-order valence-corrected chi connectivity index (χ3v) is 5.44. The number of carbonyl (C=O) groups excluding carboxylic acids is 1. The first-order valence-corrected chi connectivity index (χ1v) is 10.5. The van der Waals surface area contributed by atoms with Crippen LogP contribution >= 0.6 is 0 Å². The van der Waals surface area contributed by atoms with Crippen LogP contribution < -0.4 is 14.4 Å². The maximum Gasteiger partial charge on any atom is 0.243 e. The van der Waals surface area contributed by atoms with Gasteiger partial charge in [-0.3, -0.25) is 9.10 Å². The number of sulfonamides is 1.